The second-order valence-electron chi connectivity index (χ2n) is 19.8. The molecule has 350 valence electrons. The van der Waals surface area contributed by atoms with Crippen LogP contribution >= 0.6 is 0 Å². The van der Waals surface area contributed by atoms with Crippen LogP contribution < -0.4 is 0 Å². The predicted octanol–water partition coefficient (Wildman–Crippen LogP) is 18.0. The van der Waals surface area contributed by atoms with E-state index < -0.39 is 0 Å². The zero-order valence-corrected chi connectivity index (χ0v) is 41.1. The van der Waals surface area contributed by atoms with E-state index in [4.69, 9.17) is 21.0 Å². The molecule has 1 aliphatic rings. The SMILES string of the molecule is C=CC(=NC(=NC(=C)n1c2ccccc2c2cc3c(cc21)c1ccccc1n3-c1cc(-c2ccc(-c3ccccc3)cc2)cc2c1oc1ccccc12)c1cccc2c1-c1ccccc1C2(C)C)c1ccccc1. The highest BCUT2D eigenvalue weighted by molar-refractivity contribution is 6.22. The predicted molar refractivity (Wildman–Crippen MR) is 311 cm³/mol. The van der Waals surface area contributed by atoms with E-state index in [0.29, 0.717) is 11.7 Å². The van der Waals surface area contributed by atoms with Crippen LogP contribution in [-0.4, -0.2) is 20.7 Å². The number of fused-ring (bicyclic) bond motifs is 12. The number of nitrogens with zero attached hydrogens (tertiary/aromatic N) is 4. The minimum atomic E-state index is -0.211. The van der Waals surface area contributed by atoms with E-state index in [1.54, 1.807) is 0 Å². The van der Waals surface area contributed by atoms with Crippen molar-refractivity contribution in [2.45, 2.75) is 19.3 Å². The Morgan fingerprint density at radius 2 is 1.08 bits per heavy atom. The molecule has 3 heterocycles. The van der Waals surface area contributed by atoms with Crippen molar-refractivity contribution in [1.82, 2.24) is 9.13 Å². The van der Waals surface area contributed by atoms with E-state index in [1.807, 2.05) is 30.3 Å². The van der Waals surface area contributed by atoms with Gasteiger partial charge in [-0.1, -0.05) is 209 Å². The summed E-state index contributed by atoms with van der Waals surface area (Å²) in [5, 5.41) is 6.56. The van der Waals surface area contributed by atoms with Crippen LogP contribution in [0.15, 0.2) is 258 Å². The van der Waals surface area contributed by atoms with Crippen LogP contribution in [-0.2, 0) is 5.41 Å². The number of hydrogen-bond donors (Lipinski definition) is 0. The molecule has 0 radical (unpaired) electrons. The van der Waals surface area contributed by atoms with Crippen LogP contribution in [0, 0.1) is 0 Å². The standard InChI is InChI=1S/C69H48N4O/c1-5-59(47-23-10-7-11-24-47)71-68(53-29-20-31-58-66(53)52-28-12-16-30-57(52)69(58,3)4)70-43(2)72-60-32-17-13-25-49(60)54-42-63-55(41-62(54)72)50-26-14-18-33-61(50)73(63)64-40-48(39-56-51-27-15-19-34-65(51)74-67(56)64)46-37-35-45(36-38-46)44-21-8-6-9-22-44/h5-42H,1-2H2,3-4H3. The van der Waals surface area contributed by atoms with Crippen LogP contribution in [0.25, 0.3) is 110 Å². The van der Waals surface area contributed by atoms with Crippen molar-refractivity contribution in [3.63, 3.8) is 0 Å². The van der Waals surface area contributed by atoms with E-state index in [-0.39, 0.29) is 5.41 Å². The highest BCUT2D eigenvalue weighted by Gasteiger charge is 2.37. The fourth-order valence-corrected chi connectivity index (χ4v) is 11.8. The smallest absolute Gasteiger partial charge is 0.162 e. The maximum absolute atomic E-state index is 6.89. The molecule has 74 heavy (non-hydrogen) atoms. The van der Waals surface area contributed by atoms with Gasteiger partial charge in [-0.3, -0.25) is 4.57 Å². The number of allylic oxidation sites excluding steroid dienone is 1. The first kappa shape index (κ1) is 43.2. The topological polar surface area (TPSA) is 47.7 Å². The summed E-state index contributed by atoms with van der Waals surface area (Å²) in [6, 6.07) is 79.8. The molecule has 14 rings (SSSR count). The number of benzene rings is 10. The molecule has 13 aromatic rings. The lowest BCUT2D eigenvalue weighted by atomic mass is 9.82. The Morgan fingerprint density at radius 3 is 1.85 bits per heavy atom. The molecule has 5 heteroatoms. The van der Waals surface area contributed by atoms with Gasteiger partial charge in [0.2, 0.25) is 0 Å². The Labute approximate surface area is 428 Å². The third-order valence-electron chi connectivity index (χ3n) is 15.3. The van der Waals surface area contributed by atoms with Crippen LogP contribution in [0.5, 0.6) is 0 Å². The molecule has 1 aliphatic carbocycles. The van der Waals surface area contributed by atoms with Crippen molar-refractivity contribution in [2.75, 3.05) is 0 Å². The van der Waals surface area contributed by atoms with Crippen molar-refractivity contribution in [3.8, 4) is 39.1 Å². The van der Waals surface area contributed by atoms with Gasteiger partial charge in [0.15, 0.2) is 11.4 Å². The summed E-state index contributed by atoms with van der Waals surface area (Å²) >= 11 is 0. The molecule has 0 atom stereocenters. The summed E-state index contributed by atoms with van der Waals surface area (Å²) in [4.78, 5) is 11.0. The lowest BCUT2D eigenvalue weighted by Gasteiger charge is -2.21. The van der Waals surface area contributed by atoms with Gasteiger partial charge in [0, 0.05) is 48.9 Å². The minimum Gasteiger partial charge on any atom is -0.454 e. The zero-order valence-electron chi connectivity index (χ0n) is 41.1. The van der Waals surface area contributed by atoms with Crippen molar-refractivity contribution < 1.29 is 4.42 Å². The zero-order chi connectivity index (χ0) is 49.7. The van der Waals surface area contributed by atoms with Crippen molar-refractivity contribution in [1.29, 1.82) is 0 Å². The normalized spacial score (nSPS) is 13.4. The molecule has 0 spiro atoms. The first-order valence-corrected chi connectivity index (χ1v) is 25.2. The summed E-state index contributed by atoms with van der Waals surface area (Å²) in [5.74, 6) is 1.11. The molecule has 0 aliphatic heterocycles. The quantitative estimate of drug-likeness (QED) is 0.111. The molecule has 0 unspecified atom stereocenters. The third kappa shape index (κ3) is 6.63. The number of aliphatic imine (C=N–C) groups is 2. The summed E-state index contributed by atoms with van der Waals surface area (Å²) in [6.45, 7) is 13.7. The lowest BCUT2D eigenvalue weighted by molar-refractivity contribution is 0.660. The number of para-hydroxylation sites is 3. The van der Waals surface area contributed by atoms with E-state index >= 15 is 0 Å². The monoisotopic (exact) mass is 948 g/mol. The highest BCUT2D eigenvalue weighted by atomic mass is 16.3. The van der Waals surface area contributed by atoms with Gasteiger partial charge < -0.3 is 8.98 Å². The summed E-state index contributed by atoms with van der Waals surface area (Å²) in [6.07, 6.45) is 1.82. The van der Waals surface area contributed by atoms with E-state index in [0.717, 1.165) is 105 Å². The van der Waals surface area contributed by atoms with E-state index in [9.17, 15) is 0 Å². The van der Waals surface area contributed by atoms with Crippen LogP contribution in [0.3, 0.4) is 0 Å². The van der Waals surface area contributed by atoms with Gasteiger partial charge in [0.1, 0.15) is 11.4 Å². The molecule has 0 bridgehead atoms. The molecule has 0 N–H and O–H groups in total. The number of amidine groups is 1. The maximum Gasteiger partial charge on any atom is 0.162 e. The lowest BCUT2D eigenvalue weighted by Crippen LogP contribution is -2.15. The Bertz CT molecular complexity index is 4520. The van der Waals surface area contributed by atoms with Crippen molar-refractivity contribution in [2.24, 2.45) is 9.98 Å². The van der Waals surface area contributed by atoms with Crippen molar-refractivity contribution in [3.05, 3.63) is 266 Å². The first-order chi connectivity index (χ1) is 36.3. The Morgan fingerprint density at radius 1 is 0.486 bits per heavy atom. The Balaban J connectivity index is 1.00. The Kier molecular flexibility index (Phi) is 9.79. The second-order valence-corrected chi connectivity index (χ2v) is 19.8. The number of furan rings is 1. The second kappa shape index (κ2) is 16.8. The molecule has 0 saturated heterocycles. The third-order valence-corrected chi connectivity index (χ3v) is 15.3. The highest BCUT2D eigenvalue weighted by Crippen LogP contribution is 2.50. The maximum atomic E-state index is 6.89. The van der Waals surface area contributed by atoms with Gasteiger partial charge in [-0.25, -0.2) is 9.98 Å². The largest absolute Gasteiger partial charge is 0.454 e. The summed E-state index contributed by atoms with van der Waals surface area (Å²) in [7, 11) is 0. The number of hydrogen-bond acceptors (Lipinski definition) is 2. The fourth-order valence-electron chi connectivity index (χ4n) is 11.8. The van der Waals surface area contributed by atoms with Gasteiger partial charge >= 0.3 is 0 Å². The molecule has 10 aromatic carbocycles. The molecule has 5 nitrogen and oxygen atoms in total. The van der Waals surface area contributed by atoms with Crippen LogP contribution in [0.2, 0.25) is 0 Å². The first-order valence-electron chi connectivity index (χ1n) is 25.2. The van der Waals surface area contributed by atoms with Gasteiger partial charge in [-0.2, -0.15) is 0 Å². The number of aromatic nitrogens is 2. The minimum absolute atomic E-state index is 0.211. The van der Waals surface area contributed by atoms with Gasteiger partial charge in [0.05, 0.1) is 33.5 Å². The van der Waals surface area contributed by atoms with Crippen LogP contribution in [0.1, 0.15) is 36.1 Å². The van der Waals surface area contributed by atoms with Crippen LogP contribution in [0.4, 0.5) is 0 Å². The molecule has 0 fully saturated rings. The average molecular weight is 949 g/mol. The van der Waals surface area contributed by atoms with Gasteiger partial charge in [0.25, 0.3) is 0 Å². The molecule has 0 amide bonds. The molecule has 3 aromatic heterocycles. The van der Waals surface area contributed by atoms with Gasteiger partial charge in [-0.05, 0) is 93.0 Å². The van der Waals surface area contributed by atoms with E-state index in [1.165, 1.54) is 27.8 Å². The summed E-state index contributed by atoms with van der Waals surface area (Å²) < 4.78 is 11.5. The Hall–Kier alpha value is -9.58. The average Bonchev–Trinajstić information content (AvgIpc) is 4.23. The molecule has 0 saturated carbocycles. The molecular formula is C69H48N4O. The number of rotatable bonds is 8. The fraction of sp³-hybridized carbons (Fsp3) is 0.0435. The molecular weight excluding hydrogens is 901 g/mol. The summed E-state index contributed by atoms with van der Waals surface area (Å²) in [5.41, 5.74) is 18.7. The van der Waals surface area contributed by atoms with Gasteiger partial charge in [-0.15, -0.1) is 0 Å². The van der Waals surface area contributed by atoms with Crippen molar-refractivity contribution >= 4 is 82.9 Å². The van der Waals surface area contributed by atoms with E-state index in [2.05, 4.69) is 230 Å².